The Hall–Kier alpha value is -1.33. The summed E-state index contributed by atoms with van der Waals surface area (Å²) in [6.45, 7) is 4.23. The van der Waals surface area contributed by atoms with E-state index in [1.54, 1.807) is 13.0 Å². The van der Waals surface area contributed by atoms with Gasteiger partial charge < -0.3 is 19.6 Å². The molecular weight excluding hydrogens is 222 g/mol. The summed E-state index contributed by atoms with van der Waals surface area (Å²) in [5.41, 5.74) is 0.759. The van der Waals surface area contributed by atoms with Crippen molar-refractivity contribution in [2.45, 2.75) is 39.0 Å². The molecule has 0 aliphatic rings. The lowest BCUT2D eigenvalue weighted by Gasteiger charge is -2.14. The van der Waals surface area contributed by atoms with Crippen LogP contribution in [0.4, 0.5) is 0 Å². The van der Waals surface area contributed by atoms with Crippen LogP contribution in [0.25, 0.3) is 0 Å². The molecule has 1 aromatic heterocycles. The van der Waals surface area contributed by atoms with Gasteiger partial charge in [-0.25, -0.2) is 4.79 Å². The fourth-order valence-corrected chi connectivity index (χ4v) is 1.63. The molecule has 0 fully saturated rings. The van der Waals surface area contributed by atoms with Crippen LogP contribution in [-0.4, -0.2) is 30.3 Å². The van der Waals surface area contributed by atoms with Gasteiger partial charge in [0.05, 0.1) is 19.5 Å². The summed E-state index contributed by atoms with van der Waals surface area (Å²) in [4.78, 5) is 11.3. The normalized spacial score (nSPS) is 14.4. The van der Waals surface area contributed by atoms with Crippen molar-refractivity contribution >= 4 is 5.97 Å². The van der Waals surface area contributed by atoms with E-state index in [1.165, 1.54) is 13.4 Å². The van der Waals surface area contributed by atoms with E-state index in [9.17, 15) is 9.90 Å². The molecule has 0 aliphatic heterocycles. The van der Waals surface area contributed by atoms with E-state index < -0.39 is 5.97 Å². The molecule has 0 spiro atoms. The highest BCUT2D eigenvalue weighted by atomic mass is 16.5. The molecule has 1 aromatic rings. The molecule has 0 aromatic carbocycles. The maximum atomic E-state index is 11.3. The summed E-state index contributed by atoms with van der Waals surface area (Å²) in [7, 11) is 1.32. The van der Waals surface area contributed by atoms with Gasteiger partial charge in [0.1, 0.15) is 0 Å². The number of nitrogens with one attached hydrogen (secondary N) is 1. The fraction of sp³-hybridized carbons (Fsp3) is 0.583. The number of carbonyl (C=O) groups is 1. The quantitative estimate of drug-likeness (QED) is 0.735. The molecular formula is C12H19NO4. The highest BCUT2D eigenvalue weighted by Crippen LogP contribution is 2.12. The number of aliphatic hydroxyl groups excluding tert-OH is 1. The van der Waals surface area contributed by atoms with Crippen LogP contribution < -0.4 is 5.32 Å². The van der Waals surface area contributed by atoms with Gasteiger partial charge in [0.15, 0.2) is 0 Å². The van der Waals surface area contributed by atoms with E-state index in [0.29, 0.717) is 13.0 Å². The standard InChI is InChI=1S/C12H19NO4/c1-8(6-9(2)14)13-7-10-4-5-17-11(10)12(15)16-3/h4-5,8-9,13-14H,6-7H2,1-3H3. The molecule has 17 heavy (non-hydrogen) atoms. The lowest BCUT2D eigenvalue weighted by atomic mass is 10.1. The van der Waals surface area contributed by atoms with Crippen molar-refractivity contribution in [1.29, 1.82) is 0 Å². The summed E-state index contributed by atoms with van der Waals surface area (Å²) in [5.74, 6) is -0.251. The highest BCUT2D eigenvalue weighted by molar-refractivity contribution is 5.87. The maximum absolute atomic E-state index is 11.3. The van der Waals surface area contributed by atoms with Gasteiger partial charge in [0.2, 0.25) is 5.76 Å². The van der Waals surface area contributed by atoms with Crippen molar-refractivity contribution in [1.82, 2.24) is 5.32 Å². The van der Waals surface area contributed by atoms with Gasteiger partial charge in [-0.3, -0.25) is 0 Å². The van der Waals surface area contributed by atoms with Crippen LogP contribution in [0.3, 0.4) is 0 Å². The zero-order valence-corrected chi connectivity index (χ0v) is 10.4. The van der Waals surface area contributed by atoms with E-state index in [-0.39, 0.29) is 17.9 Å². The van der Waals surface area contributed by atoms with Crippen molar-refractivity contribution in [3.8, 4) is 0 Å². The SMILES string of the molecule is COC(=O)c1occc1CNC(C)CC(C)O. The molecule has 5 heteroatoms. The lowest BCUT2D eigenvalue weighted by molar-refractivity contribution is 0.0563. The molecule has 1 rings (SSSR count). The highest BCUT2D eigenvalue weighted by Gasteiger charge is 2.16. The van der Waals surface area contributed by atoms with E-state index in [4.69, 9.17) is 4.42 Å². The Morgan fingerprint density at radius 2 is 2.29 bits per heavy atom. The Labute approximate surface area is 101 Å². The zero-order valence-electron chi connectivity index (χ0n) is 10.4. The second-order valence-electron chi connectivity index (χ2n) is 4.13. The van der Waals surface area contributed by atoms with Crippen LogP contribution in [0.15, 0.2) is 16.7 Å². The van der Waals surface area contributed by atoms with Gasteiger partial charge in [0.25, 0.3) is 0 Å². The Morgan fingerprint density at radius 1 is 1.59 bits per heavy atom. The van der Waals surface area contributed by atoms with Gasteiger partial charge in [-0.05, 0) is 26.3 Å². The first-order valence-electron chi connectivity index (χ1n) is 5.60. The topological polar surface area (TPSA) is 71.7 Å². The average molecular weight is 241 g/mol. The molecule has 0 bridgehead atoms. The number of rotatable bonds is 6. The first kappa shape index (κ1) is 13.7. The molecule has 0 amide bonds. The number of aliphatic hydroxyl groups is 1. The molecule has 2 unspecified atom stereocenters. The third-order valence-corrected chi connectivity index (χ3v) is 2.45. The number of hydrogen-bond donors (Lipinski definition) is 2. The Bertz CT molecular complexity index is 359. The number of carbonyl (C=O) groups excluding carboxylic acids is 1. The molecule has 0 radical (unpaired) electrons. The third kappa shape index (κ3) is 4.20. The van der Waals surface area contributed by atoms with Crippen LogP contribution in [0.2, 0.25) is 0 Å². The number of hydrogen-bond acceptors (Lipinski definition) is 5. The second kappa shape index (κ2) is 6.42. The van der Waals surface area contributed by atoms with Crippen LogP contribution in [0, 0.1) is 0 Å². The second-order valence-corrected chi connectivity index (χ2v) is 4.13. The molecule has 2 N–H and O–H groups in total. The summed E-state index contributed by atoms with van der Waals surface area (Å²) in [6.07, 6.45) is 1.77. The number of ether oxygens (including phenoxy) is 1. The number of furan rings is 1. The monoisotopic (exact) mass is 241 g/mol. The Balaban J connectivity index is 2.52. The molecule has 96 valence electrons. The summed E-state index contributed by atoms with van der Waals surface area (Å²) in [6, 6.07) is 1.89. The minimum Gasteiger partial charge on any atom is -0.463 e. The van der Waals surface area contributed by atoms with E-state index in [0.717, 1.165) is 5.56 Å². The van der Waals surface area contributed by atoms with Crippen LogP contribution in [-0.2, 0) is 11.3 Å². The van der Waals surface area contributed by atoms with Gasteiger partial charge in [-0.15, -0.1) is 0 Å². The predicted octanol–water partition coefficient (Wildman–Crippen LogP) is 1.32. The molecule has 5 nitrogen and oxygen atoms in total. The van der Waals surface area contributed by atoms with E-state index >= 15 is 0 Å². The largest absolute Gasteiger partial charge is 0.463 e. The minimum atomic E-state index is -0.477. The first-order valence-corrected chi connectivity index (χ1v) is 5.60. The van der Waals surface area contributed by atoms with Gasteiger partial charge in [-0.2, -0.15) is 0 Å². The summed E-state index contributed by atoms with van der Waals surface area (Å²) >= 11 is 0. The van der Waals surface area contributed by atoms with E-state index in [2.05, 4.69) is 10.1 Å². The molecule has 0 aliphatic carbocycles. The van der Waals surface area contributed by atoms with Crippen molar-refractivity contribution < 1.29 is 19.1 Å². The number of methoxy groups -OCH3 is 1. The average Bonchev–Trinajstić information content (AvgIpc) is 2.72. The zero-order chi connectivity index (χ0) is 12.8. The van der Waals surface area contributed by atoms with Gasteiger partial charge in [0, 0.05) is 18.2 Å². The number of esters is 1. The molecule has 2 atom stereocenters. The molecule has 0 saturated carbocycles. The van der Waals surface area contributed by atoms with Crippen molar-refractivity contribution in [2.24, 2.45) is 0 Å². The van der Waals surface area contributed by atoms with E-state index in [1.807, 2.05) is 6.92 Å². The van der Waals surface area contributed by atoms with Crippen molar-refractivity contribution in [2.75, 3.05) is 7.11 Å². The third-order valence-electron chi connectivity index (χ3n) is 2.45. The summed E-state index contributed by atoms with van der Waals surface area (Å²) in [5, 5.41) is 12.4. The Kier molecular flexibility index (Phi) is 5.18. The lowest BCUT2D eigenvalue weighted by Crippen LogP contribution is -2.29. The van der Waals surface area contributed by atoms with Gasteiger partial charge >= 0.3 is 5.97 Å². The smallest absolute Gasteiger partial charge is 0.374 e. The summed E-state index contributed by atoms with van der Waals surface area (Å²) < 4.78 is 9.67. The van der Waals surface area contributed by atoms with Crippen LogP contribution in [0.1, 0.15) is 36.4 Å². The predicted molar refractivity (Wildman–Crippen MR) is 62.6 cm³/mol. The van der Waals surface area contributed by atoms with Crippen LogP contribution >= 0.6 is 0 Å². The minimum absolute atomic E-state index is 0.162. The van der Waals surface area contributed by atoms with Crippen molar-refractivity contribution in [3.05, 3.63) is 23.7 Å². The van der Waals surface area contributed by atoms with Crippen LogP contribution in [0.5, 0.6) is 0 Å². The fourth-order valence-electron chi connectivity index (χ4n) is 1.63. The molecule has 0 saturated heterocycles. The maximum Gasteiger partial charge on any atom is 0.374 e. The molecule has 1 heterocycles. The first-order chi connectivity index (χ1) is 8.04. The van der Waals surface area contributed by atoms with Gasteiger partial charge in [-0.1, -0.05) is 0 Å². The van der Waals surface area contributed by atoms with Crippen molar-refractivity contribution in [3.63, 3.8) is 0 Å². The Morgan fingerprint density at radius 3 is 2.88 bits per heavy atom.